The summed E-state index contributed by atoms with van der Waals surface area (Å²) in [6, 6.07) is 7.50. The maximum atomic E-state index is 12.5. The lowest BCUT2D eigenvalue weighted by atomic mass is 10.3. The van der Waals surface area contributed by atoms with Crippen molar-refractivity contribution in [1.82, 2.24) is 4.31 Å². The second-order valence-corrected chi connectivity index (χ2v) is 8.25. The zero-order valence-corrected chi connectivity index (χ0v) is 15.4. The Morgan fingerprint density at radius 2 is 1.93 bits per heavy atom. The van der Waals surface area contributed by atoms with Crippen molar-refractivity contribution in [3.63, 3.8) is 0 Å². The van der Waals surface area contributed by atoms with E-state index in [1.165, 1.54) is 24.3 Å². The van der Waals surface area contributed by atoms with Crippen LogP contribution in [-0.4, -0.2) is 38.1 Å². The molecule has 0 unspecified atom stereocenters. The molecule has 1 amide bonds. The minimum absolute atomic E-state index is 0.0774. The third kappa shape index (κ3) is 6.08. The summed E-state index contributed by atoms with van der Waals surface area (Å²) in [5.41, 5.74) is 0.196. The molecule has 1 N–H and O–H groups in total. The quantitative estimate of drug-likeness (QED) is 0.664. The number of carbonyl (C=O) groups excluding carboxylic acids is 1. The van der Waals surface area contributed by atoms with Crippen molar-refractivity contribution < 1.29 is 31.1 Å². The van der Waals surface area contributed by atoms with E-state index < -0.39 is 34.6 Å². The molecule has 6 nitrogen and oxygen atoms in total. The minimum Gasteiger partial charge on any atom is -0.406 e. The van der Waals surface area contributed by atoms with Crippen molar-refractivity contribution in [2.45, 2.75) is 10.6 Å². The van der Waals surface area contributed by atoms with Crippen LogP contribution >= 0.6 is 11.3 Å². The molecule has 0 radical (unpaired) electrons. The van der Waals surface area contributed by atoms with E-state index in [1.54, 1.807) is 11.4 Å². The average molecular weight is 420 g/mol. The fourth-order valence-corrected chi connectivity index (χ4v) is 4.54. The zero-order valence-electron chi connectivity index (χ0n) is 13.8. The van der Waals surface area contributed by atoms with Crippen LogP contribution in [0.3, 0.4) is 0 Å². The van der Waals surface area contributed by atoms with Crippen LogP contribution in [0.25, 0.3) is 0 Å². The van der Waals surface area contributed by atoms with Gasteiger partial charge in [-0.2, -0.15) is 4.31 Å². The lowest BCUT2D eigenvalue weighted by Crippen LogP contribution is -2.37. The lowest BCUT2D eigenvalue weighted by Gasteiger charge is -2.19. The molecule has 0 saturated carbocycles. The van der Waals surface area contributed by atoms with E-state index in [0.29, 0.717) is 0 Å². The predicted molar refractivity (Wildman–Crippen MR) is 95.0 cm³/mol. The number of alkyl halides is 3. The molecule has 11 heteroatoms. The summed E-state index contributed by atoms with van der Waals surface area (Å²) in [6.07, 6.45) is -3.46. The topological polar surface area (TPSA) is 75.7 Å². The summed E-state index contributed by atoms with van der Waals surface area (Å²) in [7, 11) is -3.86. The summed E-state index contributed by atoms with van der Waals surface area (Å²) < 4.78 is 66.2. The number of halogens is 3. The summed E-state index contributed by atoms with van der Waals surface area (Å²) in [4.78, 5) is 12.2. The van der Waals surface area contributed by atoms with Crippen molar-refractivity contribution in [1.29, 1.82) is 0 Å². The van der Waals surface area contributed by atoms with Gasteiger partial charge in [0.25, 0.3) is 10.0 Å². The van der Waals surface area contributed by atoms with Crippen molar-refractivity contribution in [2.75, 3.05) is 18.4 Å². The lowest BCUT2D eigenvalue weighted by molar-refractivity contribution is -0.274. The SMILES string of the molecule is C=CCN(CC(=O)Nc1ccc(OC(F)(F)F)cc1)S(=O)(=O)c1cccs1. The normalized spacial score (nSPS) is 12.0. The molecule has 1 heterocycles. The Morgan fingerprint density at radius 3 is 2.44 bits per heavy atom. The van der Waals surface area contributed by atoms with Gasteiger partial charge >= 0.3 is 6.36 Å². The van der Waals surface area contributed by atoms with Gasteiger partial charge in [-0.1, -0.05) is 12.1 Å². The molecule has 0 aliphatic rings. The molecule has 2 rings (SSSR count). The Labute approximate surface area is 157 Å². The molecular formula is C16H15F3N2O4S2. The Bertz CT molecular complexity index is 879. The van der Waals surface area contributed by atoms with Crippen LogP contribution in [0.15, 0.2) is 58.6 Å². The van der Waals surface area contributed by atoms with Crippen molar-refractivity contribution in [2.24, 2.45) is 0 Å². The molecule has 2 aromatic rings. The first kappa shape index (κ1) is 20.9. The van der Waals surface area contributed by atoms with Crippen molar-refractivity contribution >= 4 is 33.0 Å². The van der Waals surface area contributed by atoms with Gasteiger partial charge in [0.05, 0.1) is 6.54 Å². The van der Waals surface area contributed by atoms with E-state index in [1.807, 2.05) is 0 Å². The van der Waals surface area contributed by atoms with E-state index in [4.69, 9.17) is 0 Å². The van der Waals surface area contributed by atoms with Crippen LogP contribution in [0.2, 0.25) is 0 Å². The highest BCUT2D eigenvalue weighted by Gasteiger charge is 2.31. The number of hydrogen-bond acceptors (Lipinski definition) is 5. The summed E-state index contributed by atoms with van der Waals surface area (Å²) in [5, 5.41) is 4.03. The Morgan fingerprint density at radius 1 is 1.26 bits per heavy atom. The highest BCUT2D eigenvalue weighted by Crippen LogP contribution is 2.24. The van der Waals surface area contributed by atoms with Gasteiger partial charge in [0.2, 0.25) is 5.91 Å². The van der Waals surface area contributed by atoms with Gasteiger partial charge in [0, 0.05) is 12.2 Å². The van der Waals surface area contributed by atoms with E-state index in [0.717, 1.165) is 27.8 Å². The first-order valence-corrected chi connectivity index (χ1v) is 9.74. The van der Waals surface area contributed by atoms with Crippen LogP contribution in [0, 0.1) is 0 Å². The summed E-state index contributed by atoms with van der Waals surface area (Å²) in [6.45, 7) is 2.93. The van der Waals surface area contributed by atoms with Gasteiger partial charge in [-0.15, -0.1) is 31.1 Å². The van der Waals surface area contributed by atoms with Crippen LogP contribution in [0.1, 0.15) is 0 Å². The maximum absolute atomic E-state index is 12.5. The number of anilines is 1. The standard InChI is InChI=1S/C16H15F3N2O4S2/c1-2-9-21(27(23,24)15-4-3-10-26-15)11-14(22)20-12-5-7-13(8-6-12)25-16(17,18)19/h2-8,10H,1,9,11H2,(H,20,22). The smallest absolute Gasteiger partial charge is 0.406 e. The summed E-state index contributed by atoms with van der Waals surface area (Å²) in [5.74, 6) is -1.09. The molecule has 0 saturated heterocycles. The van der Waals surface area contributed by atoms with E-state index in [2.05, 4.69) is 16.6 Å². The number of benzene rings is 1. The van der Waals surface area contributed by atoms with E-state index >= 15 is 0 Å². The Balaban J connectivity index is 2.05. The molecule has 0 atom stereocenters. The van der Waals surface area contributed by atoms with Gasteiger partial charge in [0.1, 0.15) is 9.96 Å². The number of amides is 1. The second-order valence-electron chi connectivity index (χ2n) is 5.14. The predicted octanol–water partition coefficient (Wildman–Crippen LogP) is 3.46. The fourth-order valence-electron chi connectivity index (χ4n) is 2.03. The number of sulfonamides is 1. The van der Waals surface area contributed by atoms with Gasteiger partial charge in [-0.25, -0.2) is 8.42 Å². The molecule has 0 aliphatic carbocycles. The highest BCUT2D eigenvalue weighted by atomic mass is 32.2. The third-order valence-electron chi connectivity index (χ3n) is 3.11. The van der Waals surface area contributed by atoms with Crippen LogP contribution < -0.4 is 10.1 Å². The number of carbonyl (C=O) groups is 1. The number of hydrogen-bond donors (Lipinski definition) is 1. The Hall–Kier alpha value is -2.37. The van der Waals surface area contributed by atoms with Crippen molar-refractivity contribution in [3.05, 3.63) is 54.4 Å². The van der Waals surface area contributed by atoms with Crippen LogP contribution in [-0.2, 0) is 14.8 Å². The average Bonchev–Trinajstić information content (AvgIpc) is 3.10. The number of ether oxygens (including phenoxy) is 1. The maximum Gasteiger partial charge on any atom is 0.573 e. The molecule has 27 heavy (non-hydrogen) atoms. The molecule has 1 aromatic carbocycles. The number of nitrogens with one attached hydrogen (secondary N) is 1. The monoisotopic (exact) mass is 420 g/mol. The van der Waals surface area contributed by atoms with Crippen LogP contribution in [0.4, 0.5) is 18.9 Å². The molecular weight excluding hydrogens is 405 g/mol. The number of nitrogens with zero attached hydrogens (tertiary/aromatic N) is 1. The van der Waals surface area contributed by atoms with Crippen LogP contribution in [0.5, 0.6) is 5.75 Å². The van der Waals surface area contributed by atoms with Gasteiger partial charge < -0.3 is 10.1 Å². The largest absolute Gasteiger partial charge is 0.573 e. The van der Waals surface area contributed by atoms with E-state index in [9.17, 15) is 26.4 Å². The molecule has 1 aromatic heterocycles. The minimum atomic E-state index is -4.81. The third-order valence-corrected chi connectivity index (χ3v) is 6.30. The molecule has 0 bridgehead atoms. The first-order valence-electron chi connectivity index (χ1n) is 7.42. The first-order chi connectivity index (χ1) is 12.6. The zero-order chi connectivity index (χ0) is 20.1. The van der Waals surface area contributed by atoms with Crippen molar-refractivity contribution in [3.8, 4) is 5.75 Å². The van der Waals surface area contributed by atoms with Gasteiger partial charge in [-0.3, -0.25) is 4.79 Å². The Kier molecular flexibility index (Phi) is 6.63. The van der Waals surface area contributed by atoms with E-state index in [-0.39, 0.29) is 16.4 Å². The fraction of sp³-hybridized carbons (Fsp3) is 0.188. The van der Waals surface area contributed by atoms with Gasteiger partial charge in [-0.05, 0) is 35.7 Å². The van der Waals surface area contributed by atoms with Gasteiger partial charge in [0.15, 0.2) is 0 Å². The number of thiophene rings is 1. The molecule has 146 valence electrons. The second kappa shape index (κ2) is 8.55. The molecule has 0 aliphatic heterocycles. The summed E-state index contributed by atoms with van der Waals surface area (Å²) >= 11 is 1.02. The molecule has 0 fully saturated rings. The molecule has 0 spiro atoms. The highest BCUT2D eigenvalue weighted by molar-refractivity contribution is 7.91. The number of rotatable bonds is 8.